The van der Waals surface area contributed by atoms with Crippen molar-refractivity contribution in [3.8, 4) is 0 Å². The second-order valence-electron chi connectivity index (χ2n) is 6.72. The molecule has 4 rings (SSSR count). The molecule has 1 atom stereocenters. The van der Waals surface area contributed by atoms with E-state index in [9.17, 15) is 9.59 Å². The number of aromatic nitrogens is 2. The van der Waals surface area contributed by atoms with Gasteiger partial charge in [-0.3, -0.25) is 14.6 Å². The van der Waals surface area contributed by atoms with E-state index in [1.54, 1.807) is 12.1 Å². The van der Waals surface area contributed by atoms with Crippen LogP contribution in [-0.4, -0.2) is 26.7 Å². The summed E-state index contributed by atoms with van der Waals surface area (Å²) in [5, 5.41) is 4.86. The minimum atomic E-state index is -0.963. The molecule has 0 saturated carbocycles. The van der Waals surface area contributed by atoms with Gasteiger partial charge in [0.25, 0.3) is 11.8 Å². The number of amides is 2. The van der Waals surface area contributed by atoms with Gasteiger partial charge in [-0.15, -0.1) is 11.3 Å². The van der Waals surface area contributed by atoms with Gasteiger partial charge in [0.1, 0.15) is 11.5 Å². The Labute approximate surface area is 183 Å². The average Bonchev–Trinajstić information content (AvgIpc) is 3.53. The predicted molar refractivity (Wildman–Crippen MR) is 116 cm³/mol. The number of rotatable bonds is 8. The van der Waals surface area contributed by atoms with E-state index in [-0.39, 0.29) is 18.1 Å². The molecular formula is C23H20N4O3S. The monoisotopic (exact) mass is 432 g/mol. The molecule has 1 N–H and O–H groups in total. The molecular weight excluding hydrogens is 412 g/mol. The molecule has 0 radical (unpaired) electrons. The Morgan fingerprint density at radius 2 is 1.94 bits per heavy atom. The van der Waals surface area contributed by atoms with E-state index < -0.39 is 11.9 Å². The van der Waals surface area contributed by atoms with Gasteiger partial charge in [0.05, 0.1) is 19.0 Å². The minimum absolute atomic E-state index is 0.159. The zero-order valence-corrected chi connectivity index (χ0v) is 17.4. The summed E-state index contributed by atoms with van der Waals surface area (Å²) in [6, 6.07) is 15.8. The number of furan rings is 1. The summed E-state index contributed by atoms with van der Waals surface area (Å²) in [7, 11) is 0. The molecule has 2 amide bonds. The SMILES string of the molecule is O=C(NCc1ccccc1)C(c1ccco1)N(Cc1cccs1)C(=O)c1cnccn1. The van der Waals surface area contributed by atoms with Gasteiger partial charge in [0, 0.05) is 23.8 Å². The van der Waals surface area contributed by atoms with Crippen molar-refractivity contribution in [3.05, 3.63) is 107 Å². The van der Waals surface area contributed by atoms with Crippen LogP contribution in [0.3, 0.4) is 0 Å². The van der Waals surface area contributed by atoms with Crippen molar-refractivity contribution < 1.29 is 14.0 Å². The standard InChI is InChI=1S/C23H20N4O3S/c28-22(26-14-17-6-2-1-3-7-17)21(20-9-4-12-30-20)27(16-18-8-5-13-31-18)23(29)19-15-24-10-11-25-19/h1-13,15,21H,14,16H2,(H,26,28). The summed E-state index contributed by atoms with van der Waals surface area (Å²) in [5.74, 6) is -0.371. The Balaban J connectivity index is 1.66. The van der Waals surface area contributed by atoms with Crippen LogP contribution in [0.4, 0.5) is 0 Å². The van der Waals surface area contributed by atoms with Crippen molar-refractivity contribution in [2.45, 2.75) is 19.1 Å². The third kappa shape index (κ3) is 5.04. The van der Waals surface area contributed by atoms with Gasteiger partial charge in [0.2, 0.25) is 0 Å². The van der Waals surface area contributed by atoms with Gasteiger partial charge >= 0.3 is 0 Å². The highest BCUT2D eigenvalue weighted by atomic mass is 32.1. The van der Waals surface area contributed by atoms with Crippen LogP contribution in [0.25, 0.3) is 0 Å². The number of nitrogens with one attached hydrogen (secondary N) is 1. The smallest absolute Gasteiger partial charge is 0.275 e. The Kier molecular flexibility index (Phi) is 6.49. The van der Waals surface area contributed by atoms with Gasteiger partial charge in [-0.2, -0.15) is 0 Å². The van der Waals surface area contributed by atoms with E-state index in [4.69, 9.17) is 4.42 Å². The first-order valence-corrected chi connectivity index (χ1v) is 10.5. The number of thiophene rings is 1. The number of hydrogen-bond acceptors (Lipinski definition) is 6. The Morgan fingerprint density at radius 1 is 1.06 bits per heavy atom. The van der Waals surface area contributed by atoms with Crippen LogP contribution in [-0.2, 0) is 17.9 Å². The highest BCUT2D eigenvalue weighted by molar-refractivity contribution is 7.09. The lowest BCUT2D eigenvalue weighted by atomic mass is 10.1. The summed E-state index contributed by atoms with van der Waals surface area (Å²) in [6.07, 6.45) is 5.83. The Hall–Kier alpha value is -3.78. The van der Waals surface area contributed by atoms with Crippen LogP contribution < -0.4 is 5.32 Å². The number of carbonyl (C=O) groups excluding carboxylic acids is 2. The molecule has 8 heteroatoms. The second kappa shape index (κ2) is 9.82. The van der Waals surface area contributed by atoms with E-state index >= 15 is 0 Å². The highest BCUT2D eigenvalue weighted by Gasteiger charge is 2.35. The lowest BCUT2D eigenvalue weighted by Crippen LogP contribution is -2.43. The van der Waals surface area contributed by atoms with Crippen molar-refractivity contribution >= 4 is 23.2 Å². The molecule has 0 fully saturated rings. The molecule has 1 aromatic carbocycles. The third-order valence-electron chi connectivity index (χ3n) is 4.63. The average molecular weight is 433 g/mol. The Morgan fingerprint density at radius 3 is 2.61 bits per heavy atom. The molecule has 0 saturated heterocycles. The van der Waals surface area contributed by atoms with E-state index in [0.717, 1.165) is 10.4 Å². The minimum Gasteiger partial charge on any atom is -0.467 e. The number of benzene rings is 1. The van der Waals surface area contributed by atoms with Crippen molar-refractivity contribution in [2.24, 2.45) is 0 Å². The topological polar surface area (TPSA) is 88.3 Å². The fourth-order valence-corrected chi connectivity index (χ4v) is 3.86. The molecule has 3 aromatic heterocycles. The first kappa shape index (κ1) is 20.5. The van der Waals surface area contributed by atoms with E-state index in [2.05, 4.69) is 15.3 Å². The fourth-order valence-electron chi connectivity index (χ4n) is 3.16. The van der Waals surface area contributed by atoms with Gasteiger partial charge in [-0.05, 0) is 29.1 Å². The van der Waals surface area contributed by atoms with Crippen molar-refractivity contribution in [1.29, 1.82) is 0 Å². The predicted octanol–water partition coefficient (Wildman–Crippen LogP) is 3.83. The molecule has 0 aliphatic carbocycles. The number of nitrogens with zero attached hydrogens (tertiary/aromatic N) is 3. The molecule has 0 spiro atoms. The van der Waals surface area contributed by atoms with E-state index in [1.165, 1.54) is 41.1 Å². The normalized spacial score (nSPS) is 11.6. The highest BCUT2D eigenvalue weighted by Crippen LogP contribution is 2.27. The molecule has 7 nitrogen and oxygen atoms in total. The van der Waals surface area contributed by atoms with Crippen molar-refractivity contribution in [2.75, 3.05) is 0 Å². The first-order chi connectivity index (χ1) is 15.2. The summed E-state index contributed by atoms with van der Waals surface area (Å²) in [6.45, 7) is 0.570. The molecule has 3 heterocycles. The summed E-state index contributed by atoms with van der Waals surface area (Å²) >= 11 is 1.51. The van der Waals surface area contributed by atoms with E-state index in [1.807, 2.05) is 47.8 Å². The molecule has 4 aromatic rings. The maximum absolute atomic E-state index is 13.4. The van der Waals surface area contributed by atoms with Gasteiger partial charge < -0.3 is 14.6 Å². The lowest BCUT2D eigenvalue weighted by Gasteiger charge is -2.29. The van der Waals surface area contributed by atoms with Crippen molar-refractivity contribution in [1.82, 2.24) is 20.2 Å². The molecule has 31 heavy (non-hydrogen) atoms. The Bertz CT molecular complexity index is 1100. The largest absolute Gasteiger partial charge is 0.467 e. The maximum Gasteiger partial charge on any atom is 0.275 e. The lowest BCUT2D eigenvalue weighted by molar-refractivity contribution is -0.126. The van der Waals surface area contributed by atoms with Crippen molar-refractivity contribution in [3.63, 3.8) is 0 Å². The van der Waals surface area contributed by atoms with Crippen LogP contribution in [0, 0.1) is 0 Å². The third-order valence-corrected chi connectivity index (χ3v) is 5.49. The van der Waals surface area contributed by atoms with Crippen LogP contribution in [0.1, 0.15) is 32.7 Å². The summed E-state index contributed by atoms with van der Waals surface area (Å²) < 4.78 is 5.57. The molecule has 0 bridgehead atoms. The quantitative estimate of drug-likeness (QED) is 0.457. The van der Waals surface area contributed by atoms with Gasteiger partial charge in [0.15, 0.2) is 6.04 Å². The van der Waals surface area contributed by atoms with Crippen LogP contribution in [0.5, 0.6) is 0 Å². The maximum atomic E-state index is 13.4. The zero-order chi connectivity index (χ0) is 21.5. The second-order valence-corrected chi connectivity index (χ2v) is 7.76. The molecule has 1 unspecified atom stereocenters. The van der Waals surface area contributed by atoms with Crippen LogP contribution in [0.2, 0.25) is 0 Å². The summed E-state index contributed by atoms with van der Waals surface area (Å²) in [5.41, 5.74) is 1.12. The molecule has 0 aliphatic rings. The number of hydrogen-bond donors (Lipinski definition) is 1. The van der Waals surface area contributed by atoms with Crippen LogP contribution in [0.15, 0.2) is 89.2 Å². The number of carbonyl (C=O) groups is 2. The van der Waals surface area contributed by atoms with Gasteiger partial charge in [-0.25, -0.2) is 4.98 Å². The van der Waals surface area contributed by atoms with E-state index in [0.29, 0.717) is 12.3 Å². The molecule has 0 aliphatic heterocycles. The van der Waals surface area contributed by atoms with Crippen LogP contribution >= 0.6 is 11.3 Å². The molecule has 156 valence electrons. The van der Waals surface area contributed by atoms with Gasteiger partial charge in [-0.1, -0.05) is 36.4 Å². The first-order valence-electron chi connectivity index (χ1n) is 9.67. The summed E-state index contributed by atoms with van der Waals surface area (Å²) in [4.78, 5) is 37.2. The fraction of sp³-hybridized carbons (Fsp3) is 0.130. The zero-order valence-electron chi connectivity index (χ0n) is 16.5.